The fourth-order valence-electron chi connectivity index (χ4n) is 3.33. The van der Waals surface area contributed by atoms with E-state index >= 15 is 0 Å². The van der Waals surface area contributed by atoms with Crippen LogP contribution in [-0.2, 0) is 0 Å². The molecular weight excluding hydrogens is 196 g/mol. The van der Waals surface area contributed by atoms with E-state index in [0.29, 0.717) is 0 Å². The third-order valence-corrected chi connectivity index (χ3v) is 4.29. The van der Waals surface area contributed by atoms with Crippen molar-refractivity contribution in [2.24, 2.45) is 5.92 Å². The Labute approximate surface area is 101 Å². The fraction of sp³-hybridized carbons (Fsp3) is 1.00. The van der Waals surface area contributed by atoms with E-state index < -0.39 is 0 Å². The van der Waals surface area contributed by atoms with Gasteiger partial charge in [0.25, 0.3) is 0 Å². The quantitative estimate of drug-likeness (QED) is 0.790. The molecular formula is C14H28N2. The summed E-state index contributed by atoms with van der Waals surface area (Å²) in [7, 11) is 0. The van der Waals surface area contributed by atoms with E-state index in [4.69, 9.17) is 0 Å². The van der Waals surface area contributed by atoms with E-state index in [1.54, 1.807) is 0 Å². The monoisotopic (exact) mass is 224 g/mol. The summed E-state index contributed by atoms with van der Waals surface area (Å²) in [5.41, 5.74) is 0. The molecule has 94 valence electrons. The van der Waals surface area contributed by atoms with Gasteiger partial charge in [0.05, 0.1) is 0 Å². The minimum Gasteiger partial charge on any atom is -0.311 e. The highest BCUT2D eigenvalue weighted by Gasteiger charge is 2.25. The summed E-state index contributed by atoms with van der Waals surface area (Å²) < 4.78 is 0. The zero-order valence-corrected chi connectivity index (χ0v) is 11.0. The number of hydrogen-bond donors (Lipinski definition) is 1. The summed E-state index contributed by atoms with van der Waals surface area (Å²) in [5, 5.41) is 3.88. The second-order valence-corrected chi connectivity index (χ2v) is 5.90. The molecule has 0 aromatic carbocycles. The first-order chi connectivity index (χ1) is 7.78. The molecule has 0 aromatic rings. The normalized spacial score (nSPS) is 33.4. The van der Waals surface area contributed by atoms with Gasteiger partial charge in [0.1, 0.15) is 0 Å². The van der Waals surface area contributed by atoms with Gasteiger partial charge in [-0.2, -0.15) is 0 Å². The van der Waals surface area contributed by atoms with E-state index in [1.165, 1.54) is 58.2 Å². The van der Waals surface area contributed by atoms with Crippen LogP contribution < -0.4 is 5.32 Å². The first-order valence-electron chi connectivity index (χ1n) is 7.26. The fourth-order valence-corrected chi connectivity index (χ4v) is 3.33. The van der Waals surface area contributed by atoms with Gasteiger partial charge < -0.3 is 10.2 Å². The Kier molecular flexibility index (Phi) is 4.66. The van der Waals surface area contributed by atoms with Crippen LogP contribution in [0.5, 0.6) is 0 Å². The second-order valence-electron chi connectivity index (χ2n) is 5.90. The van der Waals surface area contributed by atoms with Crippen LogP contribution in [0.4, 0.5) is 0 Å². The molecule has 1 aliphatic carbocycles. The first-order valence-corrected chi connectivity index (χ1v) is 7.26. The lowest BCUT2D eigenvalue weighted by molar-refractivity contribution is 0.191. The molecule has 0 aromatic heterocycles. The summed E-state index contributed by atoms with van der Waals surface area (Å²) in [5.74, 6) is 0.956. The van der Waals surface area contributed by atoms with Crippen LogP contribution in [0.1, 0.15) is 52.4 Å². The van der Waals surface area contributed by atoms with Crippen LogP contribution in [0.2, 0.25) is 0 Å². The van der Waals surface area contributed by atoms with Gasteiger partial charge in [-0.1, -0.05) is 13.8 Å². The van der Waals surface area contributed by atoms with Gasteiger partial charge in [0, 0.05) is 12.1 Å². The average molecular weight is 224 g/mol. The molecule has 1 heterocycles. The number of likely N-dealkylation sites (tertiary alicyclic amines) is 1. The molecule has 2 nitrogen and oxygen atoms in total. The number of hydrogen-bond acceptors (Lipinski definition) is 2. The molecule has 1 saturated carbocycles. The average Bonchev–Trinajstić information content (AvgIpc) is 2.67. The van der Waals surface area contributed by atoms with Gasteiger partial charge in [-0.05, 0) is 64.1 Å². The van der Waals surface area contributed by atoms with Gasteiger partial charge in [0.15, 0.2) is 0 Å². The Morgan fingerprint density at radius 2 is 1.81 bits per heavy atom. The maximum absolute atomic E-state index is 3.88. The highest BCUT2D eigenvalue weighted by Crippen LogP contribution is 2.26. The molecule has 1 saturated heterocycles. The Morgan fingerprint density at radius 1 is 1.06 bits per heavy atom. The third kappa shape index (κ3) is 3.46. The molecule has 0 radical (unpaired) electrons. The number of rotatable bonds is 4. The van der Waals surface area contributed by atoms with Gasteiger partial charge in [0.2, 0.25) is 0 Å². The minimum absolute atomic E-state index is 0.809. The van der Waals surface area contributed by atoms with Crippen LogP contribution in [0, 0.1) is 5.92 Å². The van der Waals surface area contributed by atoms with Crippen LogP contribution in [0.15, 0.2) is 0 Å². The second kappa shape index (κ2) is 6.02. The molecule has 2 heteroatoms. The van der Waals surface area contributed by atoms with E-state index in [-0.39, 0.29) is 0 Å². The molecule has 2 rings (SSSR count). The minimum atomic E-state index is 0.809. The predicted octanol–water partition coefficient (Wildman–Crippen LogP) is 2.64. The number of nitrogens with zero attached hydrogens (tertiary/aromatic N) is 1. The molecule has 1 N–H and O–H groups in total. The van der Waals surface area contributed by atoms with Crippen LogP contribution in [0.3, 0.4) is 0 Å². The van der Waals surface area contributed by atoms with Crippen molar-refractivity contribution < 1.29 is 0 Å². The molecule has 0 spiro atoms. The van der Waals surface area contributed by atoms with Gasteiger partial charge in [-0.25, -0.2) is 0 Å². The van der Waals surface area contributed by atoms with E-state index in [2.05, 4.69) is 24.1 Å². The van der Waals surface area contributed by atoms with Crippen molar-refractivity contribution in [1.29, 1.82) is 0 Å². The Morgan fingerprint density at radius 3 is 2.38 bits per heavy atom. The molecule has 1 aliphatic heterocycles. The number of nitrogens with one attached hydrogen (secondary N) is 1. The van der Waals surface area contributed by atoms with Crippen molar-refractivity contribution in [2.45, 2.75) is 64.5 Å². The Balaban J connectivity index is 1.65. The lowest BCUT2D eigenvalue weighted by Gasteiger charge is -2.33. The molecule has 2 atom stereocenters. The van der Waals surface area contributed by atoms with Gasteiger partial charge >= 0.3 is 0 Å². The van der Waals surface area contributed by atoms with Crippen molar-refractivity contribution >= 4 is 0 Å². The molecule has 0 amide bonds. The first kappa shape index (κ1) is 12.4. The molecule has 2 aliphatic rings. The predicted molar refractivity (Wildman–Crippen MR) is 69.7 cm³/mol. The van der Waals surface area contributed by atoms with Crippen LogP contribution >= 0.6 is 0 Å². The Hall–Kier alpha value is -0.0800. The van der Waals surface area contributed by atoms with Crippen molar-refractivity contribution in [3.05, 3.63) is 0 Å². The highest BCUT2D eigenvalue weighted by molar-refractivity contribution is 4.84. The summed E-state index contributed by atoms with van der Waals surface area (Å²) in [6.07, 6.45) is 8.30. The Bertz CT molecular complexity index is 197. The van der Waals surface area contributed by atoms with Crippen molar-refractivity contribution in [2.75, 3.05) is 19.6 Å². The zero-order chi connectivity index (χ0) is 11.4. The smallest absolute Gasteiger partial charge is 0.00940 e. The lowest BCUT2D eigenvalue weighted by Crippen LogP contribution is -2.45. The molecule has 2 fully saturated rings. The van der Waals surface area contributed by atoms with Crippen LogP contribution in [0.25, 0.3) is 0 Å². The molecule has 0 bridgehead atoms. The SMILES string of the molecule is CCCN1CCC(NC2CCC(C)C2)CC1. The van der Waals surface area contributed by atoms with Gasteiger partial charge in [-0.15, -0.1) is 0 Å². The van der Waals surface area contributed by atoms with Crippen molar-refractivity contribution in [3.8, 4) is 0 Å². The van der Waals surface area contributed by atoms with Gasteiger partial charge in [-0.3, -0.25) is 0 Å². The summed E-state index contributed by atoms with van der Waals surface area (Å²) >= 11 is 0. The molecule has 2 unspecified atom stereocenters. The summed E-state index contributed by atoms with van der Waals surface area (Å²) in [6, 6.07) is 1.64. The maximum Gasteiger partial charge on any atom is 0.00940 e. The zero-order valence-electron chi connectivity index (χ0n) is 11.0. The number of piperidine rings is 1. The largest absolute Gasteiger partial charge is 0.311 e. The van der Waals surface area contributed by atoms with Crippen molar-refractivity contribution in [3.63, 3.8) is 0 Å². The maximum atomic E-state index is 3.88. The van der Waals surface area contributed by atoms with Crippen LogP contribution in [-0.4, -0.2) is 36.6 Å². The van der Waals surface area contributed by atoms with E-state index in [9.17, 15) is 0 Å². The lowest BCUT2D eigenvalue weighted by atomic mass is 10.0. The summed E-state index contributed by atoms with van der Waals surface area (Å²) in [6.45, 7) is 8.60. The highest BCUT2D eigenvalue weighted by atomic mass is 15.1. The standard InChI is InChI=1S/C14H28N2/c1-3-8-16-9-6-13(7-10-16)15-14-5-4-12(2)11-14/h12-15H,3-11H2,1-2H3. The molecule has 16 heavy (non-hydrogen) atoms. The topological polar surface area (TPSA) is 15.3 Å². The van der Waals surface area contributed by atoms with E-state index in [0.717, 1.165) is 18.0 Å². The third-order valence-electron chi connectivity index (χ3n) is 4.29. The van der Waals surface area contributed by atoms with Crippen molar-refractivity contribution in [1.82, 2.24) is 10.2 Å². The van der Waals surface area contributed by atoms with E-state index in [1.807, 2.05) is 0 Å². The summed E-state index contributed by atoms with van der Waals surface area (Å²) in [4.78, 5) is 2.62.